The van der Waals surface area contributed by atoms with Crippen LogP contribution in [0.3, 0.4) is 0 Å². The molecule has 1 amide bonds. The number of hydrogen-bond donors (Lipinski definition) is 2. The van der Waals surface area contributed by atoms with Crippen LogP contribution in [0.4, 0.5) is 5.69 Å². The number of carbonyl (C=O) groups is 1. The van der Waals surface area contributed by atoms with E-state index < -0.39 is 5.91 Å². The number of nitrogens with zero attached hydrogens (tertiary/aromatic N) is 1. The molecule has 3 rings (SSSR count). The maximum Gasteiger partial charge on any atom is 0.251 e. The number of anilines is 1. The van der Waals surface area contributed by atoms with Crippen molar-refractivity contribution in [1.82, 2.24) is 4.98 Å². The second kappa shape index (κ2) is 6.47. The van der Waals surface area contributed by atoms with Crippen LogP contribution in [0.25, 0.3) is 22.6 Å². The fourth-order valence-electron chi connectivity index (χ4n) is 1.94. The van der Waals surface area contributed by atoms with Gasteiger partial charge in [0, 0.05) is 17.3 Å². The third-order valence-electron chi connectivity index (χ3n) is 2.80. The number of hydrogen-bond acceptors (Lipinski definition) is 4. The average Bonchev–Trinajstić information content (AvgIpc) is 2.82. The molecule has 1 heterocycles. The van der Waals surface area contributed by atoms with Gasteiger partial charge in [0.05, 0.1) is 5.56 Å². The van der Waals surface area contributed by atoms with E-state index in [0.29, 0.717) is 22.7 Å². The number of aromatic nitrogens is 1. The van der Waals surface area contributed by atoms with Crippen molar-refractivity contribution in [2.24, 2.45) is 5.73 Å². The lowest BCUT2D eigenvalue weighted by Gasteiger charge is -1.97. The summed E-state index contributed by atoms with van der Waals surface area (Å²) in [7, 11) is 0. The Morgan fingerprint density at radius 1 is 1.10 bits per heavy atom. The molecule has 0 aliphatic rings. The van der Waals surface area contributed by atoms with Crippen LogP contribution < -0.4 is 11.5 Å². The number of oxazole rings is 1. The molecular weight excluding hydrogens is 313 g/mol. The first-order chi connectivity index (χ1) is 9.15. The first kappa shape index (κ1) is 16.8. The topological polar surface area (TPSA) is 95.1 Å². The highest BCUT2D eigenvalue weighted by molar-refractivity contribution is 6.05. The molecule has 110 valence electrons. The van der Waals surface area contributed by atoms with E-state index in [9.17, 15) is 4.79 Å². The minimum atomic E-state index is -0.579. The predicted octanol–water partition coefficient (Wildman–Crippen LogP) is 3.02. The molecule has 21 heavy (non-hydrogen) atoms. The fraction of sp³-hybridized carbons (Fsp3) is 0. The SMILES string of the molecule is Cl.Cl.NC(=O)c1cc(N)cc2oc(-c3ccccc3)nc12. The third kappa shape index (κ3) is 3.09. The molecular formula is C14H13Cl2N3O2. The molecule has 0 saturated heterocycles. The van der Waals surface area contributed by atoms with Crippen LogP contribution in [-0.2, 0) is 0 Å². The molecule has 0 aliphatic heterocycles. The van der Waals surface area contributed by atoms with Crippen LogP contribution in [0, 0.1) is 0 Å². The van der Waals surface area contributed by atoms with Gasteiger partial charge in [-0.05, 0) is 18.2 Å². The summed E-state index contributed by atoms with van der Waals surface area (Å²) in [6.45, 7) is 0. The number of benzene rings is 2. The summed E-state index contributed by atoms with van der Waals surface area (Å²) in [6.07, 6.45) is 0. The van der Waals surface area contributed by atoms with Crippen LogP contribution in [0.15, 0.2) is 46.9 Å². The lowest BCUT2D eigenvalue weighted by molar-refractivity contribution is 0.100. The zero-order chi connectivity index (χ0) is 13.4. The highest BCUT2D eigenvalue weighted by Gasteiger charge is 2.15. The van der Waals surface area contributed by atoms with E-state index in [2.05, 4.69) is 4.98 Å². The predicted molar refractivity (Wildman–Crippen MR) is 86.9 cm³/mol. The zero-order valence-corrected chi connectivity index (χ0v) is 12.4. The van der Waals surface area contributed by atoms with Gasteiger partial charge in [-0.3, -0.25) is 4.79 Å². The van der Waals surface area contributed by atoms with E-state index in [1.54, 1.807) is 6.07 Å². The van der Waals surface area contributed by atoms with Crippen LogP contribution in [-0.4, -0.2) is 10.9 Å². The maximum absolute atomic E-state index is 11.4. The molecule has 0 saturated carbocycles. The number of nitrogens with two attached hydrogens (primary N) is 2. The van der Waals surface area contributed by atoms with Gasteiger partial charge >= 0.3 is 0 Å². The molecule has 3 aromatic rings. The van der Waals surface area contributed by atoms with E-state index in [1.165, 1.54) is 6.07 Å². The molecule has 7 heteroatoms. The smallest absolute Gasteiger partial charge is 0.251 e. The number of rotatable bonds is 2. The van der Waals surface area contributed by atoms with Gasteiger partial charge in [0.25, 0.3) is 5.91 Å². The van der Waals surface area contributed by atoms with Gasteiger partial charge < -0.3 is 15.9 Å². The maximum atomic E-state index is 11.4. The summed E-state index contributed by atoms with van der Waals surface area (Å²) in [5.74, 6) is -0.145. The van der Waals surface area contributed by atoms with Gasteiger partial charge in [-0.2, -0.15) is 0 Å². The number of halogens is 2. The van der Waals surface area contributed by atoms with Gasteiger partial charge in [0.1, 0.15) is 5.52 Å². The van der Waals surface area contributed by atoms with E-state index >= 15 is 0 Å². The lowest BCUT2D eigenvalue weighted by Crippen LogP contribution is -2.12. The summed E-state index contributed by atoms with van der Waals surface area (Å²) in [6, 6.07) is 12.5. The second-order valence-corrected chi connectivity index (χ2v) is 4.16. The number of amides is 1. The van der Waals surface area contributed by atoms with Crippen molar-refractivity contribution in [3.05, 3.63) is 48.0 Å². The van der Waals surface area contributed by atoms with Crippen molar-refractivity contribution in [1.29, 1.82) is 0 Å². The normalized spacial score (nSPS) is 9.71. The van der Waals surface area contributed by atoms with E-state index in [-0.39, 0.29) is 30.4 Å². The largest absolute Gasteiger partial charge is 0.436 e. The molecule has 0 aliphatic carbocycles. The number of nitrogen functional groups attached to an aromatic ring is 1. The molecule has 2 aromatic carbocycles. The summed E-state index contributed by atoms with van der Waals surface area (Å²) in [4.78, 5) is 15.7. The van der Waals surface area contributed by atoms with E-state index in [0.717, 1.165) is 5.56 Å². The first-order valence-corrected chi connectivity index (χ1v) is 5.70. The van der Waals surface area contributed by atoms with Gasteiger partial charge in [-0.25, -0.2) is 4.98 Å². The standard InChI is InChI=1S/C14H11N3O2.2ClH/c15-9-6-10(13(16)18)12-11(7-9)19-14(17-12)8-4-2-1-3-5-8;;/h1-7H,15H2,(H2,16,18);2*1H. The van der Waals surface area contributed by atoms with Crippen LogP contribution in [0.5, 0.6) is 0 Å². The Morgan fingerprint density at radius 2 is 1.76 bits per heavy atom. The molecule has 0 fully saturated rings. The van der Waals surface area contributed by atoms with Gasteiger partial charge in [-0.1, -0.05) is 18.2 Å². The zero-order valence-electron chi connectivity index (χ0n) is 10.8. The van der Waals surface area contributed by atoms with E-state index in [1.807, 2.05) is 30.3 Å². The Hall–Kier alpha value is -2.24. The van der Waals surface area contributed by atoms with Crippen molar-refractivity contribution < 1.29 is 9.21 Å². The summed E-state index contributed by atoms with van der Waals surface area (Å²) in [5, 5.41) is 0. The Bertz CT molecular complexity index is 772. The Kier molecular flexibility index (Phi) is 5.18. The monoisotopic (exact) mass is 325 g/mol. The molecule has 0 spiro atoms. The van der Waals surface area contributed by atoms with Gasteiger partial charge in [0.2, 0.25) is 5.89 Å². The highest BCUT2D eigenvalue weighted by atomic mass is 35.5. The third-order valence-corrected chi connectivity index (χ3v) is 2.80. The number of carbonyl (C=O) groups excluding carboxylic acids is 1. The van der Waals surface area contributed by atoms with Crippen LogP contribution in [0.2, 0.25) is 0 Å². The first-order valence-electron chi connectivity index (χ1n) is 5.70. The quantitative estimate of drug-likeness (QED) is 0.708. The average molecular weight is 326 g/mol. The van der Waals surface area contributed by atoms with Crippen molar-refractivity contribution in [2.45, 2.75) is 0 Å². The molecule has 5 nitrogen and oxygen atoms in total. The lowest BCUT2D eigenvalue weighted by atomic mass is 10.1. The summed E-state index contributed by atoms with van der Waals surface area (Å²) >= 11 is 0. The van der Waals surface area contributed by atoms with E-state index in [4.69, 9.17) is 15.9 Å². The number of primary amides is 1. The molecule has 1 aromatic heterocycles. The highest BCUT2D eigenvalue weighted by Crippen LogP contribution is 2.28. The summed E-state index contributed by atoms with van der Waals surface area (Å²) in [5.41, 5.74) is 13.4. The molecule has 0 bridgehead atoms. The van der Waals surface area contributed by atoms with Crippen LogP contribution in [0.1, 0.15) is 10.4 Å². The Labute approximate surface area is 133 Å². The van der Waals surface area contributed by atoms with Crippen molar-refractivity contribution in [3.8, 4) is 11.5 Å². The van der Waals surface area contributed by atoms with Gasteiger partial charge in [-0.15, -0.1) is 24.8 Å². The number of fused-ring (bicyclic) bond motifs is 1. The second-order valence-electron chi connectivity index (χ2n) is 4.16. The molecule has 4 N–H and O–H groups in total. The summed E-state index contributed by atoms with van der Waals surface area (Å²) < 4.78 is 5.63. The minimum absolute atomic E-state index is 0. The molecule has 0 radical (unpaired) electrons. The molecule has 0 atom stereocenters. The Balaban J connectivity index is 0.00000110. The minimum Gasteiger partial charge on any atom is -0.436 e. The van der Waals surface area contributed by atoms with Crippen LogP contribution >= 0.6 is 24.8 Å². The van der Waals surface area contributed by atoms with Crippen molar-refractivity contribution in [3.63, 3.8) is 0 Å². The van der Waals surface area contributed by atoms with Crippen molar-refractivity contribution >= 4 is 47.5 Å². The Morgan fingerprint density at radius 3 is 2.38 bits per heavy atom. The van der Waals surface area contributed by atoms with Gasteiger partial charge in [0.15, 0.2) is 5.58 Å². The molecule has 0 unspecified atom stereocenters. The van der Waals surface area contributed by atoms with Crippen molar-refractivity contribution in [2.75, 3.05) is 5.73 Å². The fourth-order valence-corrected chi connectivity index (χ4v) is 1.94.